The van der Waals surface area contributed by atoms with E-state index >= 15 is 0 Å². The number of aromatic carboxylic acids is 1. The number of hydrogen-bond acceptors (Lipinski definition) is 5. The van der Waals surface area contributed by atoms with Crippen molar-refractivity contribution in [3.05, 3.63) is 45.9 Å². The van der Waals surface area contributed by atoms with Gasteiger partial charge in [0.1, 0.15) is 5.75 Å². The fourth-order valence-corrected chi connectivity index (χ4v) is 2.52. The van der Waals surface area contributed by atoms with Gasteiger partial charge in [0.2, 0.25) is 0 Å². The molecule has 1 heterocycles. The van der Waals surface area contributed by atoms with E-state index in [2.05, 4.69) is 9.88 Å². The van der Waals surface area contributed by atoms with E-state index in [0.29, 0.717) is 18.8 Å². The van der Waals surface area contributed by atoms with Gasteiger partial charge in [-0.1, -0.05) is 0 Å². The van der Waals surface area contributed by atoms with Crippen LogP contribution in [0.4, 0.5) is 0 Å². The highest BCUT2D eigenvalue weighted by Gasteiger charge is 2.11. The third-order valence-electron chi connectivity index (χ3n) is 2.88. The van der Waals surface area contributed by atoms with Crippen LogP contribution in [0.1, 0.15) is 21.6 Å². The molecular weight excluding hydrogens is 276 g/mol. The zero-order valence-corrected chi connectivity index (χ0v) is 12.2. The molecule has 5 nitrogen and oxygen atoms in total. The standard InChI is InChI=1S/C14H16N2O3S/c1-16(7-12-8-20-9-15-12)6-11-5-10(14(17)18)3-4-13(11)19-2/h3-5,8-9H,6-7H2,1-2H3,(H,17,18). The molecule has 0 atom stereocenters. The lowest BCUT2D eigenvalue weighted by molar-refractivity contribution is 0.0696. The Hall–Kier alpha value is -1.92. The highest BCUT2D eigenvalue weighted by Crippen LogP contribution is 2.22. The second-order valence-corrected chi connectivity index (χ2v) is 5.20. The molecule has 1 N–H and O–H groups in total. The molecule has 0 amide bonds. The smallest absolute Gasteiger partial charge is 0.335 e. The Morgan fingerprint density at radius 1 is 1.45 bits per heavy atom. The van der Waals surface area contributed by atoms with E-state index in [0.717, 1.165) is 11.3 Å². The van der Waals surface area contributed by atoms with Gasteiger partial charge in [-0.15, -0.1) is 11.3 Å². The van der Waals surface area contributed by atoms with Crippen molar-refractivity contribution >= 4 is 17.3 Å². The van der Waals surface area contributed by atoms with Crippen LogP contribution in [0.2, 0.25) is 0 Å². The first kappa shape index (κ1) is 14.5. The van der Waals surface area contributed by atoms with Crippen LogP contribution in [0.3, 0.4) is 0 Å². The molecule has 0 bridgehead atoms. The number of carboxylic acids is 1. The van der Waals surface area contributed by atoms with E-state index in [9.17, 15) is 4.79 Å². The Balaban J connectivity index is 2.14. The van der Waals surface area contributed by atoms with E-state index in [1.54, 1.807) is 42.2 Å². The van der Waals surface area contributed by atoms with Crippen molar-refractivity contribution in [2.75, 3.05) is 14.2 Å². The molecule has 2 rings (SSSR count). The van der Waals surface area contributed by atoms with Gasteiger partial charge < -0.3 is 9.84 Å². The van der Waals surface area contributed by atoms with Crippen LogP contribution < -0.4 is 4.74 Å². The van der Waals surface area contributed by atoms with Gasteiger partial charge in [-0.3, -0.25) is 4.90 Å². The number of benzene rings is 1. The predicted molar refractivity (Wildman–Crippen MR) is 77.2 cm³/mol. The second-order valence-electron chi connectivity index (χ2n) is 4.48. The van der Waals surface area contributed by atoms with Crippen molar-refractivity contribution in [2.24, 2.45) is 0 Å². The normalized spacial score (nSPS) is 10.8. The molecule has 6 heteroatoms. The van der Waals surface area contributed by atoms with Gasteiger partial charge in [0, 0.05) is 24.0 Å². The zero-order chi connectivity index (χ0) is 14.5. The number of carboxylic acid groups (broad SMARTS) is 1. The van der Waals surface area contributed by atoms with Gasteiger partial charge in [0.25, 0.3) is 0 Å². The number of thiazole rings is 1. The highest BCUT2D eigenvalue weighted by atomic mass is 32.1. The predicted octanol–water partition coefficient (Wildman–Crippen LogP) is 2.48. The maximum Gasteiger partial charge on any atom is 0.335 e. The molecule has 0 aliphatic heterocycles. The second kappa shape index (κ2) is 6.49. The lowest BCUT2D eigenvalue weighted by atomic mass is 10.1. The van der Waals surface area contributed by atoms with E-state index in [4.69, 9.17) is 9.84 Å². The van der Waals surface area contributed by atoms with Gasteiger partial charge in [-0.05, 0) is 25.2 Å². The molecule has 0 spiro atoms. The summed E-state index contributed by atoms with van der Waals surface area (Å²) in [5.41, 5.74) is 3.92. The number of carbonyl (C=O) groups is 1. The summed E-state index contributed by atoms with van der Waals surface area (Å²) in [7, 11) is 3.55. The van der Waals surface area contributed by atoms with E-state index in [-0.39, 0.29) is 5.56 Å². The molecular formula is C14H16N2O3S. The summed E-state index contributed by atoms with van der Waals surface area (Å²) in [6.45, 7) is 1.31. The number of ether oxygens (including phenoxy) is 1. The van der Waals surface area contributed by atoms with Crippen LogP contribution >= 0.6 is 11.3 Å². The molecule has 0 aliphatic carbocycles. The molecule has 0 saturated carbocycles. The van der Waals surface area contributed by atoms with E-state index < -0.39 is 5.97 Å². The Bertz CT molecular complexity index is 584. The van der Waals surface area contributed by atoms with Gasteiger partial charge in [0.05, 0.1) is 23.9 Å². The number of rotatable bonds is 6. The van der Waals surface area contributed by atoms with Crippen LogP contribution in [0.15, 0.2) is 29.1 Å². The Kier molecular flexibility index (Phi) is 4.70. The van der Waals surface area contributed by atoms with Crippen molar-refractivity contribution in [1.29, 1.82) is 0 Å². The van der Waals surface area contributed by atoms with Gasteiger partial charge in [0.15, 0.2) is 0 Å². The quantitative estimate of drug-likeness (QED) is 0.886. The molecule has 1 aromatic carbocycles. The van der Waals surface area contributed by atoms with Crippen LogP contribution in [-0.2, 0) is 13.1 Å². The SMILES string of the molecule is COc1ccc(C(=O)O)cc1CN(C)Cc1cscn1. The number of methoxy groups -OCH3 is 1. The van der Waals surface area contributed by atoms with Crippen LogP contribution in [0.5, 0.6) is 5.75 Å². The van der Waals surface area contributed by atoms with Crippen LogP contribution in [0, 0.1) is 0 Å². The van der Waals surface area contributed by atoms with E-state index in [1.165, 1.54) is 0 Å². The molecule has 2 aromatic rings. The summed E-state index contributed by atoms with van der Waals surface area (Å²) in [6, 6.07) is 4.89. The summed E-state index contributed by atoms with van der Waals surface area (Å²) in [4.78, 5) is 17.3. The third-order valence-corrected chi connectivity index (χ3v) is 3.52. The van der Waals surface area contributed by atoms with Crippen molar-refractivity contribution in [3.8, 4) is 5.75 Å². The summed E-state index contributed by atoms with van der Waals surface area (Å²) < 4.78 is 5.28. The maximum atomic E-state index is 11.0. The third kappa shape index (κ3) is 3.55. The monoisotopic (exact) mass is 292 g/mol. The summed E-state index contributed by atoms with van der Waals surface area (Å²) in [5.74, 6) is -0.240. The molecule has 0 saturated heterocycles. The highest BCUT2D eigenvalue weighted by molar-refractivity contribution is 7.07. The summed E-state index contributed by atoms with van der Waals surface area (Å²) in [5, 5.41) is 11.1. The van der Waals surface area contributed by atoms with E-state index in [1.807, 2.05) is 12.4 Å². The molecule has 0 fully saturated rings. The van der Waals surface area contributed by atoms with Crippen molar-refractivity contribution in [3.63, 3.8) is 0 Å². The average molecular weight is 292 g/mol. The molecule has 106 valence electrons. The first-order valence-electron chi connectivity index (χ1n) is 6.06. The number of hydrogen-bond donors (Lipinski definition) is 1. The van der Waals surface area contributed by atoms with Gasteiger partial charge in [-0.2, -0.15) is 0 Å². The lowest BCUT2D eigenvalue weighted by Gasteiger charge is -2.17. The van der Waals surface area contributed by atoms with Crippen molar-refractivity contribution in [1.82, 2.24) is 9.88 Å². The zero-order valence-electron chi connectivity index (χ0n) is 11.4. The first-order chi connectivity index (χ1) is 9.60. The number of aromatic nitrogens is 1. The fraction of sp³-hybridized carbons (Fsp3) is 0.286. The van der Waals surface area contributed by atoms with Crippen molar-refractivity contribution in [2.45, 2.75) is 13.1 Å². The minimum absolute atomic E-state index is 0.267. The van der Waals surface area contributed by atoms with Gasteiger partial charge in [-0.25, -0.2) is 9.78 Å². The topological polar surface area (TPSA) is 62.7 Å². The Labute approximate surface area is 121 Å². The molecule has 0 unspecified atom stereocenters. The molecule has 0 radical (unpaired) electrons. The lowest BCUT2D eigenvalue weighted by Crippen LogP contribution is -2.18. The Morgan fingerprint density at radius 2 is 2.25 bits per heavy atom. The van der Waals surface area contributed by atoms with Crippen molar-refractivity contribution < 1.29 is 14.6 Å². The average Bonchev–Trinajstić information content (AvgIpc) is 2.91. The largest absolute Gasteiger partial charge is 0.496 e. The first-order valence-corrected chi connectivity index (χ1v) is 7.00. The maximum absolute atomic E-state index is 11.0. The fourth-order valence-electron chi connectivity index (χ4n) is 1.97. The number of nitrogens with zero attached hydrogens (tertiary/aromatic N) is 2. The summed E-state index contributed by atoms with van der Waals surface area (Å²) in [6.07, 6.45) is 0. The minimum Gasteiger partial charge on any atom is -0.496 e. The van der Waals surface area contributed by atoms with Gasteiger partial charge >= 0.3 is 5.97 Å². The molecule has 0 aliphatic rings. The Morgan fingerprint density at radius 3 is 2.85 bits per heavy atom. The summed E-state index contributed by atoms with van der Waals surface area (Å²) >= 11 is 1.56. The van der Waals surface area contributed by atoms with Crippen LogP contribution in [0.25, 0.3) is 0 Å². The molecule has 1 aromatic heterocycles. The molecule has 20 heavy (non-hydrogen) atoms. The van der Waals surface area contributed by atoms with Crippen LogP contribution in [-0.4, -0.2) is 35.1 Å². The minimum atomic E-state index is -0.934.